The van der Waals surface area contributed by atoms with E-state index in [0.717, 1.165) is 30.8 Å². The maximum absolute atomic E-state index is 12.7. The van der Waals surface area contributed by atoms with Crippen molar-refractivity contribution in [3.8, 4) is 0 Å². The van der Waals surface area contributed by atoms with Gasteiger partial charge in [0, 0.05) is 12.3 Å². The van der Waals surface area contributed by atoms with Crippen LogP contribution in [0.1, 0.15) is 62.3 Å². The van der Waals surface area contributed by atoms with E-state index >= 15 is 0 Å². The van der Waals surface area contributed by atoms with Crippen LogP contribution in [0.15, 0.2) is 10.6 Å². The number of carbonyl (C=O) groups is 1. The Morgan fingerprint density at radius 3 is 2.84 bits per heavy atom. The van der Waals surface area contributed by atoms with E-state index in [2.05, 4.69) is 30.9 Å². The molecule has 1 fully saturated rings. The van der Waals surface area contributed by atoms with E-state index in [0.29, 0.717) is 29.5 Å². The van der Waals surface area contributed by atoms with E-state index in [-0.39, 0.29) is 24.1 Å². The molecule has 25 heavy (non-hydrogen) atoms. The minimum Gasteiger partial charge on any atom is -0.459 e. The number of aromatic nitrogens is 2. The number of rotatable bonds is 5. The third kappa shape index (κ3) is 4.18. The molecule has 0 radical (unpaired) electrons. The van der Waals surface area contributed by atoms with E-state index in [1.165, 1.54) is 0 Å². The summed E-state index contributed by atoms with van der Waals surface area (Å²) in [7, 11) is 0. The summed E-state index contributed by atoms with van der Waals surface area (Å²) in [5.74, 6) is -0.365. The second kappa shape index (κ2) is 7.12. The Morgan fingerprint density at radius 2 is 2.20 bits per heavy atom. The van der Waals surface area contributed by atoms with Gasteiger partial charge in [-0.3, -0.25) is 0 Å². The first kappa shape index (κ1) is 17.9. The molecule has 1 aliphatic rings. The van der Waals surface area contributed by atoms with Crippen molar-refractivity contribution in [1.29, 1.82) is 0 Å². The number of pyridine rings is 1. The highest BCUT2D eigenvalue weighted by Gasteiger charge is 2.25. The van der Waals surface area contributed by atoms with Crippen molar-refractivity contribution < 1.29 is 18.8 Å². The van der Waals surface area contributed by atoms with Gasteiger partial charge in [0.25, 0.3) is 5.71 Å². The van der Waals surface area contributed by atoms with E-state index in [1.807, 2.05) is 6.92 Å². The molecule has 1 aliphatic heterocycles. The first-order valence-corrected chi connectivity index (χ1v) is 8.94. The van der Waals surface area contributed by atoms with Crippen LogP contribution < -0.4 is 0 Å². The zero-order chi connectivity index (χ0) is 18.0. The summed E-state index contributed by atoms with van der Waals surface area (Å²) < 4.78 is 16.5. The normalized spacial score (nSPS) is 18.0. The van der Waals surface area contributed by atoms with Crippen LogP contribution >= 0.6 is 0 Å². The van der Waals surface area contributed by atoms with Crippen LogP contribution in [0.2, 0.25) is 0 Å². The maximum atomic E-state index is 12.7. The van der Waals surface area contributed by atoms with Gasteiger partial charge in [0.1, 0.15) is 6.61 Å². The van der Waals surface area contributed by atoms with Crippen LogP contribution in [0.4, 0.5) is 0 Å². The van der Waals surface area contributed by atoms with Crippen molar-refractivity contribution in [2.45, 2.75) is 59.5 Å². The Morgan fingerprint density at radius 1 is 1.40 bits per heavy atom. The Balaban J connectivity index is 1.92. The summed E-state index contributed by atoms with van der Waals surface area (Å²) in [5.41, 5.74) is 2.45. The van der Waals surface area contributed by atoms with Gasteiger partial charge in [0.15, 0.2) is 0 Å². The Hall–Kier alpha value is -1.95. The van der Waals surface area contributed by atoms with Crippen LogP contribution in [0.3, 0.4) is 0 Å². The number of nitrogens with zero attached hydrogens (tertiary/aromatic N) is 2. The van der Waals surface area contributed by atoms with Gasteiger partial charge in [-0.05, 0) is 37.2 Å². The van der Waals surface area contributed by atoms with E-state index in [4.69, 9.17) is 14.0 Å². The molecule has 0 bridgehead atoms. The molecule has 2 aromatic heterocycles. The van der Waals surface area contributed by atoms with Crippen LogP contribution in [0.5, 0.6) is 0 Å². The molecular weight excluding hydrogens is 320 g/mol. The van der Waals surface area contributed by atoms with Crippen molar-refractivity contribution in [3.63, 3.8) is 0 Å². The molecule has 1 saturated heterocycles. The topological polar surface area (TPSA) is 74.5 Å². The summed E-state index contributed by atoms with van der Waals surface area (Å²) in [5, 5.41) is 4.84. The monoisotopic (exact) mass is 346 g/mol. The molecule has 1 unspecified atom stereocenters. The molecule has 0 saturated carbocycles. The average Bonchev–Trinajstić information content (AvgIpc) is 3.20. The Labute approximate surface area is 147 Å². The van der Waals surface area contributed by atoms with Crippen molar-refractivity contribution in [2.75, 3.05) is 13.2 Å². The van der Waals surface area contributed by atoms with E-state index in [9.17, 15) is 4.79 Å². The number of aryl methyl sites for hydroxylation is 1. The lowest BCUT2D eigenvalue weighted by Crippen LogP contribution is -2.18. The first-order chi connectivity index (χ1) is 11.9. The minimum absolute atomic E-state index is 0.00319. The van der Waals surface area contributed by atoms with Crippen molar-refractivity contribution in [1.82, 2.24) is 10.1 Å². The lowest BCUT2D eigenvalue weighted by Gasteiger charge is -2.16. The summed E-state index contributed by atoms with van der Waals surface area (Å²) in [6, 6.07) is 1.80. The zero-order valence-electron chi connectivity index (χ0n) is 15.4. The van der Waals surface area contributed by atoms with Crippen molar-refractivity contribution in [3.05, 3.63) is 23.0 Å². The second-order valence-corrected chi connectivity index (χ2v) is 7.80. The van der Waals surface area contributed by atoms with Gasteiger partial charge in [-0.25, -0.2) is 9.78 Å². The van der Waals surface area contributed by atoms with Gasteiger partial charge >= 0.3 is 5.97 Å². The van der Waals surface area contributed by atoms with E-state index in [1.54, 1.807) is 6.07 Å². The van der Waals surface area contributed by atoms with Gasteiger partial charge in [-0.1, -0.05) is 32.9 Å². The lowest BCUT2D eigenvalue weighted by atomic mass is 9.89. The Kier molecular flexibility index (Phi) is 5.08. The molecule has 6 nitrogen and oxygen atoms in total. The van der Waals surface area contributed by atoms with Crippen LogP contribution in [0.25, 0.3) is 11.1 Å². The summed E-state index contributed by atoms with van der Waals surface area (Å²) in [6.07, 6.45) is 3.35. The number of ether oxygens (including phenoxy) is 2. The quantitative estimate of drug-likeness (QED) is 0.768. The maximum Gasteiger partial charge on any atom is 0.339 e. The SMILES string of the molecule is CCc1cc(C(=O)OCC2CCCO2)c2c(CC(C)(C)C)noc2n1. The molecule has 1 atom stereocenters. The molecule has 2 aromatic rings. The highest BCUT2D eigenvalue weighted by molar-refractivity contribution is 6.03. The summed E-state index contributed by atoms with van der Waals surface area (Å²) in [6.45, 7) is 9.37. The third-order valence-electron chi connectivity index (χ3n) is 4.27. The van der Waals surface area contributed by atoms with Crippen LogP contribution in [0, 0.1) is 5.41 Å². The number of esters is 1. The van der Waals surface area contributed by atoms with Gasteiger partial charge in [-0.15, -0.1) is 0 Å². The molecule has 3 rings (SSSR count). The van der Waals surface area contributed by atoms with Gasteiger partial charge in [-0.2, -0.15) is 0 Å². The zero-order valence-corrected chi connectivity index (χ0v) is 15.4. The standard InChI is InChI=1S/C19H26N2O4/c1-5-12-9-14(18(22)24-11-13-7-6-8-23-13)16-15(10-19(2,3)4)21-25-17(16)20-12/h9,13H,5-8,10-11H2,1-4H3. The van der Waals surface area contributed by atoms with Gasteiger partial charge < -0.3 is 14.0 Å². The van der Waals surface area contributed by atoms with Gasteiger partial charge in [0.2, 0.25) is 0 Å². The molecule has 0 amide bonds. The smallest absolute Gasteiger partial charge is 0.339 e. The number of hydrogen-bond donors (Lipinski definition) is 0. The van der Waals surface area contributed by atoms with Gasteiger partial charge in [0.05, 0.1) is 22.7 Å². The number of carbonyl (C=O) groups excluding carboxylic acids is 1. The third-order valence-corrected chi connectivity index (χ3v) is 4.27. The fraction of sp³-hybridized carbons (Fsp3) is 0.632. The van der Waals surface area contributed by atoms with E-state index < -0.39 is 0 Å². The number of hydrogen-bond acceptors (Lipinski definition) is 6. The first-order valence-electron chi connectivity index (χ1n) is 8.94. The second-order valence-electron chi connectivity index (χ2n) is 7.80. The molecule has 3 heterocycles. The van der Waals surface area contributed by atoms with Crippen LogP contribution in [-0.2, 0) is 22.3 Å². The fourth-order valence-electron chi connectivity index (χ4n) is 3.05. The molecule has 0 spiro atoms. The Bertz CT molecular complexity index is 755. The predicted octanol–water partition coefficient (Wildman–Crippen LogP) is 3.71. The van der Waals surface area contributed by atoms with Crippen molar-refractivity contribution in [2.24, 2.45) is 5.41 Å². The molecule has 0 aromatic carbocycles. The molecule has 0 N–H and O–H groups in total. The highest BCUT2D eigenvalue weighted by Crippen LogP contribution is 2.29. The molecular formula is C19H26N2O4. The molecule has 0 aliphatic carbocycles. The summed E-state index contributed by atoms with van der Waals surface area (Å²) in [4.78, 5) is 17.2. The highest BCUT2D eigenvalue weighted by atomic mass is 16.6. The van der Waals surface area contributed by atoms with Crippen LogP contribution in [-0.4, -0.2) is 35.4 Å². The molecule has 6 heteroatoms. The van der Waals surface area contributed by atoms with Crippen molar-refractivity contribution >= 4 is 17.1 Å². The largest absolute Gasteiger partial charge is 0.459 e. The predicted molar refractivity (Wildman–Crippen MR) is 93.6 cm³/mol. The molecule has 136 valence electrons. The fourth-order valence-corrected chi connectivity index (χ4v) is 3.05. The lowest BCUT2D eigenvalue weighted by molar-refractivity contribution is 0.0163. The number of fused-ring (bicyclic) bond motifs is 1. The minimum atomic E-state index is -0.365. The average molecular weight is 346 g/mol. The summed E-state index contributed by atoms with van der Waals surface area (Å²) >= 11 is 0.